The van der Waals surface area contributed by atoms with E-state index in [1.807, 2.05) is 42.2 Å². The SMILES string of the molecule is Cc1cnn(-c2ccc(Cl)cc2NCc2cnc(Cl)s2)c1. The number of rotatable bonds is 4. The summed E-state index contributed by atoms with van der Waals surface area (Å²) < 4.78 is 2.37. The lowest BCUT2D eigenvalue weighted by atomic mass is 10.2. The molecule has 1 N–H and O–H groups in total. The third-order valence-electron chi connectivity index (χ3n) is 2.90. The zero-order valence-electron chi connectivity index (χ0n) is 11.2. The van der Waals surface area contributed by atoms with Crippen molar-refractivity contribution < 1.29 is 0 Å². The Morgan fingerprint density at radius 2 is 2.14 bits per heavy atom. The van der Waals surface area contributed by atoms with E-state index in [9.17, 15) is 0 Å². The second-order valence-electron chi connectivity index (χ2n) is 4.56. The first-order chi connectivity index (χ1) is 10.1. The summed E-state index contributed by atoms with van der Waals surface area (Å²) in [6.45, 7) is 2.64. The van der Waals surface area contributed by atoms with Crippen molar-refractivity contribution in [1.29, 1.82) is 0 Å². The molecule has 4 nitrogen and oxygen atoms in total. The van der Waals surface area contributed by atoms with Gasteiger partial charge < -0.3 is 5.32 Å². The number of hydrogen-bond donors (Lipinski definition) is 1. The number of hydrogen-bond acceptors (Lipinski definition) is 4. The van der Waals surface area contributed by atoms with E-state index in [0.717, 1.165) is 21.8 Å². The van der Waals surface area contributed by atoms with Crippen molar-refractivity contribution in [2.24, 2.45) is 0 Å². The van der Waals surface area contributed by atoms with E-state index in [1.165, 1.54) is 11.3 Å². The van der Waals surface area contributed by atoms with Crippen LogP contribution in [0, 0.1) is 6.92 Å². The molecule has 7 heteroatoms. The highest BCUT2D eigenvalue weighted by atomic mass is 35.5. The zero-order chi connectivity index (χ0) is 14.8. The molecule has 3 aromatic rings. The average molecular weight is 339 g/mol. The van der Waals surface area contributed by atoms with E-state index >= 15 is 0 Å². The summed E-state index contributed by atoms with van der Waals surface area (Å²) in [5.74, 6) is 0. The van der Waals surface area contributed by atoms with Crippen molar-refractivity contribution in [3.8, 4) is 5.69 Å². The standard InChI is InChI=1S/C14H12Cl2N4S/c1-9-5-19-20(8-9)13-3-2-10(15)4-12(13)17-6-11-7-18-14(16)21-11/h2-5,7-8,17H,6H2,1H3. The number of nitrogens with zero attached hydrogens (tertiary/aromatic N) is 3. The van der Waals surface area contributed by atoms with Crippen molar-refractivity contribution in [2.75, 3.05) is 5.32 Å². The van der Waals surface area contributed by atoms with Crippen LogP contribution in [0.15, 0.2) is 36.8 Å². The highest BCUT2D eigenvalue weighted by molar-refractivity contribution is 7.15. The first-order valence-electron chi connectivity index (χ1n) is 6.27. The summed E-state index contributed by atoms with van der Waals surface area (Å²) in [7, 11) is 0. The summed E-state index contributed by atoms with van der Waals surface area (Å²) in [6.07, 6.45) is 5.56. The van der Waals surface area contributed by atoms with Crippen LogP contribution in [0.5, 0.6) is 0 Å². The molecule has 3 rings (SSSR count). The minimum atomic E-state index is 0.542. The molecule has 2 aromatic heterocycles. The van der Waals surface area contributed by atoms with Crippen LogP contribution in [0.25, 0.3) is 5.69 Å². The van der Waals surface area contributed by atoms with Gasteiger partial charge in [-0.15, -0.1) is 11.3 Å². The van der Waals surface area contributed by atoms with Gasteiger partial charge in [0, 0.05) is 22.3 Å². The van der Waals surface area contributed by atoms with Gasteiger partial charge in [-0.3, -0.25) is 0 Å². The molecule has 21 heavy (non-hydrogen) atoms. The Kier molecular flexibility index (Phi) is 4.14. The van der Waals surface area contributed by atoms with E-state index in [4.69, 9.17) is 23.2 Å². The number of aryl methyl sites for hydroxylation is 1. The molecule has 0 atom stereocenters. The summed E-state index contributed by atoms with van der Waals surface area (Å²) in [4.78, 5) is 5.09. The molecule has 2 heterocycles. The van der Waals surface area contributed by atoms with E-state index < -0.39 is 0 Å². The first-order valence-corrected chi connectivity index (χ1v) is 7.84. The Balaban J connectivity index is 1.88. The Hall–Kier alpha value is -1.56. The summed E-state index contributed by atoms with van der Waals surface area (Å²) >= 11 is 13.4. The molecule has 0 unspecified atom stereocenters. The Morgan fingerprint density at radius 3 is 2.81 bits per heavy atom. The van der Waals surface area contributed by atoms with Crippen LogP contribution in [-0.4, -0.2) is 14.8 Å². The predicted octanol–water partition coefficient (Wildman–Crippen LogP) is 4.56. The van der Waals surface area contributed by atoms with Gasteiger partial charge in [-0.2, -0.15) is 5.10 Å². The van der Waals surface area contributed by atoms with Crippen LogP contribution in [0.1, 0.15) is 10.4 Å². The van der Waals surface area contributed by atoms with Crippen molar-refractivity contribution >= 4 is 40.2 Å². The van der Waals surface area contributed by atoms with Gasteiger partial charge in [0.15, 0.2) is 4.47 Å². The molecule has 108 valence electrons. The van der Waals surface area contributed by atoms with Crippen molar-refractivity contribution in [3.05, 3.63) is 56.7 Å². The molecule has 0 aliphatic rings. The molecular formula is C14H12Cl2N4S. The lowest BCUT2D eigenvalue weighted by Gasteiger charge is -2.12. The normalized spacial score (nSPS) is 10.8. The van der Waals surface area contributed by atoms with E-state index in [1.54, 1.807) is 6.20 Å². The fourth-order valence-corrected chi connectivity index (χ4v) is 3.03. The molecule has 0 bridgehead atoms. The van der Waals surface area contributed by atoms with Gasteiger partial charge >= 0.3 is 0 Å². The van der Waals surface area contributed by atoms with E-state index in [-0.39, 0.29) is 0 Å². The first kappa shape index (κ1) is 14.4. The fraction of sp³-hybridized carbons (Fsp3) is 0.143. The largest absolute Gasteiger partial charge is 0.378 e. The molecular weight excluding hydrogens is 327 g/mol. The summed E-state index contributed by atoms with van der Waals surface area (Å²) in [6, 6.07) is 5.68. The lowest BCUT2D eigenvalue weighted by molar-refractivity contribution is 0.879. The Morgan fingerprint density at radius 1 is 1.29 bits per heavy atom. The number of aromatic nitrogens is 3. The highest BCUT2D eigenvalue weighted by Gasteiger charge is 2.08. The molecule has 0 radical (unpaired) electrons. The van der Waals surface area contributed by atoms with Crippen molar-refractivity contribution in [3.63, 3.8) is 0 Å². The van der Waals surface area contributed by atoms with Gasteiger partial charge in [-0.25, -0.2) is 9.67 Å². The fourth-order valence-electron chi connectivity index (χ4n) is 1.94. The number of anilines is 1. The van der Waals surface area contributed by atoms with Crippen LogP contribution in [0.4, 0.5) is 5.69 Å². The second kappa shape index (κ2) is 6.05. The molecule has 0 saturated carbocycles. The van der Waals surface area contributed by atoms with Crippen molar-refractivity contribution in [2.45, 2.75) is 13.5 Å². The molecule has 0 aliphatic carbocycles. The summed E-state index contributed by atoms with van der Waals surface area (Å²) in [5, 5.41) is 8.37. The second-order valence-corrected chi connectivity index (χ2v) is 6.69. The van der Waals surface area contributed by atoms with E-state index in [0.29, 0.717) is 16.0 Å². The average Bonchev–Trinajstić information content (AvgIpc) is 3.05. The molecule has 0 spiro atoms. The quantitative estimate of drug-likeness (QED) is 0.758. The van der Waals surface area contributed by atoms with Crippen LogP contribution >= 0.6 is 34.5 Å². The monoisotopic (exact) mass is 338 g/mol. The molecule has 0 aliphatic heterocycles. The minimum Gasteiger partial charge on any atom is -0.378 e. The van der Waals surface area contributed by atoms with Gasteiger partial charge in [-0.05, 0) is 30.7 Å². The third kappa shape index (κ3) is 3.37. The maximum Gasteiger partial charge on any atom is 0.183 e. The van der Waals surface area contributed by atoms with Crippen molar-refractivity contribution in [1.82, 2.24) is 14.8 Å². The van der Waals surface area contributed by atoms with Gasteiger partial charge in [-0.1, -0.05) is 23.2 Å². The molecule has 0 amide bonds. The smallest absolute Gasteiger partial charge is 0.183 e. The molecule has 0 saturated heterocycles. The number of thiazole rings is 1. The lowest BCUT2D eigenvalue weighted by Crippen LogP contribution is -2.04. The predicted molar refractivity (Wildman–Crippen MR) is 87.8 cm³/mol. The zero-order valence-corrected chi connectivity index (χ0v) is 13.5. The van der Waals surface area contributed by atoms with Crippen LogP contribution in [0.2, 0.25) is 9.49 Å². The number of nitrogens with one attached hydrogen (secondary N) is 1. The van der Waals surface area contributed by atoms with Gasteiger partial charge in [0.05, 0.1) is 24.1 Å². The van der Waals surface area contributed by atoms with Gasteiger partial charge in [0.25, 0.3) is 0 Å². The van der Waals surface area contributed by atoms with E-state index in [2.05, 4.69) is 15.4 Å². The molecule has 1 aromatic carbocycles. The van der Waals surface area contributed by atoms with Crippen LogP contribution in [0.3, 0.4) is 0 Å². The minimum absolute atomic E-state index is 0.542. The number of benzene rings is 1. The number of halogens is 2. The maximum absolute atomic E-state index is 6.09. The van der Waals surface area contributed by atoms with Gasteiger partial charge in [0.1, 0.15) is 0 Å². The molecule has 0 fully saturated rings. The Labute approximate surface area is 136 Å². The summed E-state index contributed by atoms with van der Waals surface area (Å²) in [5.41, 5.74) is 2.96. The van der Waals surface area contributed by atoms with Crippen LogP contribution in [-0.2, 0) is 6.54 Å². The Bertz CT molecular complexity index is 766. The topological polar surface area (TPSA) is 42.7 Å². The van der Waals surface area contributed by atoms with Gasteiger partial charge in [0.2, 0.25) is 0 Å². The highest BCUT2D eigenvalue weighted by Crippen LogP contribution is 2.26. The maximum atomic E-state index is 6.09. The van der Waals surface area contributed by atoms with Crippen LogP contribution < -0.4 is 5.32 Å². The third-order valence-corrected chi connectivity index (χ3v) is 4.25.